The van der Waals surface area contributed by atoms with E-state index in [0.29, 0.717) is 29.9 Å². The SMILES string of the molecule is CCC(=Cc1oc2ccc(-c3ccccc3)cc2c1CCS(=O)(=O)O)C=C1Sc2ccc(-c3ccccc3)cc2N1CCCS(=O)(=O)O. The van der Waals surface area contributed by atoms with Crippen LogP contribution in [0.1, 0.15) is 31.1 Å². The summed E-state index contributed by atoms with van der Waals surface area (Å²) in [5.74, 6) is -0.290. The number of fused-ring (bicyclic) bond motifs is 2. The minimum absolute atomic E-state index is 0.0632. The van der Waals surface area contributed by atoms with Gasteiger partial charge in [-0.1, -0.05) is 91.5 Å². The Hall–Kier alpha value is -4.13. The van der Waals surface area contributed by atoms with Crippen molar-refractivity contribution in [3.8, 4) is 22.3 Å². The van der Waals surface area contributed by atoms with E-state index in [-0.39, 0.29) is 18.6 Å². The molecule has 1 aromatic heterocycles. The average Bonchev–Trinajstić information content (AvgIpc) is 3.59. The summed E-state index contributed by atoms with van der Waals surface area (Å²) in [4.78, 5) is 3.10. The number of nitrogens with zero attached hydrogens (tertiary/aromatic N) is 1. The zero-order valence-corrected chi connectivity index (χ0v) is 28.7. The zero-order valence-electron chi connectivity index (χ0n) is 26.2. The smallest absolute Gasteiger partial charge is 0.265 e. The first-order valence-electron chi connectivity index (χ1n) is 15.6. The Labute approximate surface area is 285 Å². The topological polar surface area (TPSA) is 125 Å². The van der Waals surface area contributed by atoms with Crippen LogP contribution in [0, 0.1) is 0 Å². The van der Waals surface area contributed by atoms with E-state index in [1.807, 2.05) is 97.9 Å². The van der Waals surface area contributed by atoms with E-state index < -0.39 is 26.0 Å². The minimum Gasteiger partial charge on any atom is -0.456 e. The molecule has 0 saturated carbocycles. The molecule has 4 aromatic carbocycles. The third kappa shape index (κ3) is 8.11. The van der Waals surface area contributed by atoms with Gasteiger partial charge in [-0.3, -0.25) is 9.11 Å². The van der Waals surface area contributed by atoms with Crippen molar-refractivity contribution in [2.75, 3.05) is 23.0 Å². The second-order valence-electron chi connectivity index (χ2n) is 11.6. The summed E-state index contributed by atoms with van der Waals surface area (Å²) >= 11 is 1.57. The molecule has 2 N–H and O–H groups in total. The van der Waals surface area contributed by atoms with E-state index in [9.17, 15) is 25.9 Å². The normalized spacial score (nSPS) is 14.6. The molecule has 2 heterocycles. The fourth-order valence-corrected chi connectivity index (χ4v) is 7.91. The van der Waals surface area contributed by atoms with Crippen LogP contribution >= 0.6 is 11.8 Å². The molecule has 5 aromatic rings. The third-order valence-corrected chi connectivity index (χ3v) is 10.8. The molecule has 1 aliphatic heterocycles. The van der Waals surface area contributed by atoms with Crippen molar-refractivity contribution in [2.24, 2.45) is 0 Å². The molecule has 0 amide bonds. The molecule has 0 unspecified atom stereocenters. The van der Waals surface area contributed by atoms with Crippen LogP contribution in [0.5, 0.6) is 0 Å². The van der Waals surface area contributed by atoms with Crippen molar-refractivity contribution in [2.45, 2.75) is 31.1 Å². The number of anilines is 1. The number of hydrogen-bond donors (Lipinski definition) is 2. The molecule has 0 radical (unpaired) electrons. The summed E-state index contributed by atoms with van der Waals surface area (Å²) < 4.78 is 72.1. The second kappa shape index (κ2) is 14.2. The summed E-state index contributed by atoms with van der Waals surface area (Å²) in [5, 5.41) is 1.66. The van der Waals surface area contributed by atoms with Gasteiger partial charge in [-0.25, -0.2) is 0 Å². The summed E-state index contributed by atoms with van der Waals surface area (Å²) in [6.07, 6.45) is 4.86. The number of benzene rings is 4. The molecule has 0 atom stereocenters. The molecule has 0 fully saturated rings. The predicted molar refractivity (Wildman–Crippen MR) is 194 cm³/mol. The van der Waals surface area contributed by atoms with Gasteiger partial charge in [0.25, 0.3) is 20.2 Å². The van der Waals surface area contributed by atoms with Gasteiger partial charge < -0.3 is 9.32 Å². The summed E-state index contributed by atoms with van der Waals surface area (Å²) in [6, 6.07) is 31.9. The van der Waals surface area contributed by atoms with Crippen LogP contribution in [-0.4, -0.2) is 44.0 Å². The summed E-state index contributed by atoms with van der Waals surface area (Å²) in [7, 11) is -8.35. The van der Waals surface area contributed by atoms with Gasteiger partial charge in [-0.05, 0) is 83.5 Å². The highest BCUT2D eigenvalue weighted by Crippen LogP contribution is 2.48. The molecule has 0 spiro atoms. The Morgan fingerprint density at radius 2 is 1.42 bits per heavy atom. The van der Waals surface area contributed by atoms with Crippen LogP contribution < -0.4 is 4.90 Å². The highest BCUT2D eigenvalue weighted by Gasteiger charge is 2.26. The lowest BCUT2D eigenvalue weighted by Crippen LogP contribution is -2.21. The maximum Gasteiger partial charge on any atom is 0.265 e. The predicted octanol–water partition coefficient (Wildman–Crippen LogP) is 8.72. The van der Waals surface area contributed by atoms with Gasteiger partial charge in [0, 0.05) is 22.4 Å². The first-order chi connectivity index (χ1) is 23.0. The van der Waals surface area contributed by atoms with Crippen molar-refractivity contribution in [3.05, 3.63) is 125 Å². The molecule has 6 rings (SSSR count). The minimum atomic E-state index is -4.23. The van der Waals surface area contributed by atoms with Crippen LogP contribution in [0.3, 0.4) is 0 Å². The first-order valence-corrected chi connectivity index (χ1v) is 19.6. The van der Waals surface area contributed by atoms with Crippen LogP contribution in [0.4, 0.5) is 5.69 Å². The second-order valence-corrected chi connectivity index (χ2v) is 15.8. The molecular weight excluding hydrogens is 667 g/mol. The number of rotatable bonds is 12. The largest absolute Gasteiger partial charge is 0.456 e. The highest BCUT2D eigenvalue weighted by molar-refractivity contribution is 8.03. The summed E-state index contributed by atoms with van der Waals surface area (Å²) in [5.41, 5.74) is 7.21. The fourth-order valence-electron chi connectivity index (χ4n) is 5.81. The number of thioether (sulfide) groups is 1. The lowest BCUT2D eigenvalue weighted by molar-refractivity contribution is 0.479. The van der Waals surface area contributed by atoms with Gasteiger partial charge in [0.2, 0.25) is 0 Å². The van der Waals surface area contributed by atoms with E-state index in [0.717, 1.165) is 48.8 Å². The van der Waals surface area contributed by atoms with Crippen molar-refractivity contribution in [1.29, 1.82) is 0 Å². The Kier molecular flexibility index (Phi) is 9.95. The number of allylic oxidation sites excluding steroid dienone is 2. The van der Waals surface area contributed by atoms with Crippen LogP contribution in [0.25, 0.3) is 39.3 Å². The van der Waals surface area contributed by atoms with Crippen molar-refractivity contribution < 1.29 is 30.4 Å². The van der Waals surface area contributed by atoms with Crippen LogP contribution in [-0.2, 0) is 26.7 Å². The Morgan fingerprint density at radius 3 is 2.04 bits per heavy atom. The van der Waals surface area contributed by atoms with Crippen LogP contribution in [0.15, 0.2) is 123 Å². The van der Waals surface area contributed by atoms with E-state index >= 15 is 0 Å². The van der Waals surface area contributed by atoms with E-state index in [1.165, 1.54) is 0 Å². The third-order valence-electron chi connectivity index (χ3n) is 8.19. The Balaban J connectivity index is 1.40. The van der Waals surface area contributed by atoms with Gasteiger partial charge in [0.15, 0.2) is 0 Å². The number of furan rings is 1. The highest BCUT2D eigenvalue weighted by atomic mass is 32.2. The molecule has 11 heteroatoms. The molecule has 0 bridgehead atoms. The standard InChI is InChI=1S/C37H35NO7S3/c1-2-26(22-35-31(18-21-48(42,43)44)32-24-29(14-16-34(32)45-35)27-10-5-3-6-11-27)23-37-38(19-9-20-47(39,40)41)33-25-30(15-17-36(33)46-37)28-12-7-4-8-13-28/h3-8,10-17,22-25H,2,9,18-21H2,1H3,(H,39,40,41)(H,42,43,44). The van der Waals surface area contributed by atoms with Gasteiger partial charge in [-0.15, -0.1) is 0 Å². The zero-order chi connectivity index (χ0) is 33.9. The van der Waals surface area contributed by atoms with Crippen molar-refractivity contribution in [3.63, 3.8) is 0 Å². The van der Waals surface area contributed by atoms with Gasteiger partial charge in [0.05, 0.1) is 22.2 Å². The van der Waals surface area contributed by atoms with Gasteiger partial charge in [0.1, 0.15) is 11.3 Å². The van der Waals surface area contributed by atoms with E-state index in [1.54, 1.807) is 11.8 Å². The maximum atomic E-state index is 11.8. The lowest BCUT2D eigenvalue weighted by atomic mass is 10.0. The quantitative estimate of drug-likeness (QED) is 0.123. The average molecular weight is 702 g/mol. The number of hydrogen-bond acceptors (Lipinski definition) is 7. The van der Waals surface area contributed by atoms with E-state index in [2.05, 4.69) is 23.1 Å². The van der Waals surface area contributed by atoms with Crippen molar-refractivity contribution in [1.82, 2.24) is 0 Å². The molecular formula is C37H35NO7S3. The molecule has 48 heavy (non-hydrogen) atoms. The Morgan fingerprint density at radius 1 is 0.792 bits per heavy atom. The number of aryl methyl sites for hydroxylation is 1. The molecule has 0 saturated heterocycles. The van der Waals surface area contributed by atoms with Gasteiger partial charge in [-0.2, -0.15) is 16.8 Å². The van der Waals surface area contributed by atoms with Crippen LogP contribution in [0.2, 0.25) is 0 Å². The summed E-state index contributed by atoms with van der Waals surface area (Å²) in [6.45, 7) is 2.38. The first kappa shape index (κ1) is 33.8. The fraction of sp³-hybridized carbons (Fsp3) is 0.189. The van der Waals surface area contributed by atoms with Gasteiger partial charge >= 0.3 is 0 Å². The maximum absolute atomic E-state index is 11.8. The molecule has 8 nitrogen and oxygen atoms in total. The monoisotopic (exact) mass is 701 g/mol. The molecule has 1 aliphatic rings. The lowest BCUT2D eigenvalue weighted by Gasteiger charge is -2.21. The van der Waals surface area contributed by atoms with Crippen molar-refractivity contribution >= 4 is 54.7 Å². The molecule has 0 aliphatic carbocycles. The van der Waals surface area contributed by atoms with E-state index in [4.69, 9.17) is 4.42 Å². The molecule has 248 valence electrons. The Bertz CT molecular complexity index is 2230.